The van der Waals surface area contributed by atoms with E-state index in [4.69, 9.17) is 0 Å². The smallest absolute Gasteiger partial charge is 0.358 e. The SMILES string of the molecule is Cc1cccc(-n2cnc([N+](=O)[O-])c2)c1. The van der Waals surface area contributed by atoms with Gasteiger partial charge in [-0.1, -0.05) is 12.1 Å². The summed E-state index contributed by atoms with van der Waals surface area (Å²) in [6.07, 6.45) is 2.84. The summed E-state index contributed by atoms with van der Waals surface area (Å²) in [6, 6.07) is 7.68. The molecule has 5 nitrogen and oxygen atoms in total. The minimum Gasteiger partial charge on any atom is -0.358 e. The van der Waals surface area contributed by atoms with E-state index in [1.54, 1.807) is 4.57 Å². The molecule has 1 heterocycles. The fourth-order valence-corrected chi connectivity index (χ4v) is 1.34. The summed E-state index contributed by atoms with van der Waals surface area (Å²) >= 11 is 0. The highest BCUT2D eigenvalue weighted by molar-refractivity contribution is 5.36. The summed E-state index contributed by atoms with van der Waals surface area (Å²) in [5.74, 6) is -0.142. The Morgan fingerprint density at radius 1 is 1.47 bits per heavy atom. The Balaban J connectivity index is 2.41. The van der Waals surface area contributed by atoms with Crippen LogP contribution in [0.3, 0.4) is 0 Å². The molecule has 0 saturated carbocycles. The zero-order chi connectivity index (χ0) is 10.8. The number of nitrogens with zero attached hydrogens (tertiary/aromatic N) is 3. The van der Waals surface area contributed by atoms with Crippen LogP contribution in [0.2, 0.25) is 0 Å². The van der Waals surface area contributed by atoms with Gasteiger partial charge in [0.05, 0.1) is 0 Å². The summed E-state index contributed by atoms with van der Waals surface area (Å²) in [5.41, 5.74) is 1.97. The van der Waals surface area contributed by atoms with Crippen LogP contribution in [0, 0.1) is 17.0 Å². The molecule has 0 aliphatic carbocycles. The lowest BCUT2D eigenvalue weighted by atomic mass is 10.2. The van der Waals surface area contributed by atoms with Crippen LogP contribution in [0.25, 0.3) is 5.69 Å². The van der Waals surface area contributed by atoms with Crippen LogP contribution >= 0.6 is 0 Å². The molecule has 1 aromatic carbocycles. The summed E-state index contributed by atoms with van der Waals surface area (Å²) in [6.45, 7) is 1.97. The lowest BCUT2D eigenvalue weighted by molar-refractivity contribution is -0.389. The second-order valence-electron chi connectivity index (χ2n) is 3.24. The molecule has 1 aromatic heterocycles. The van der Waals surface area contributed by atoms with Crippen LogP contribution in [0.1, 0.15) is 5.56 Å². The number of hydrogen-bond acceptors (Lipinski definition) is 3. The van der Waals surface area contributed by atoms with Gasteiger partial charge in [-0.15, -0.1) is 0 Å². The highest BCUT2D eigenvalue weighted by Crippen LogP contribution is 2.13. The Morgan fingerprint density at radius 2 is 2.27 bits per heavy atom. The Morgan fingerprint density at radius 3 is 2.87 bits per heavy atom. The van der Waals surface area contributed by atoms with Gasteiger partial charge in [-0.3, -0.25) is 4.57 Å². The van der Waals surface area contributed by atoms with Gasteiger partial charge in [0, 0.05) is 5.69 Å². The molecule has 15 heavy (non-hydrogen) atoms. The molecule has 0 atom stereocenters. The summed E-state index contributed by atoms with van der Waals surface area (Å²) in [4.78, 5) is 13.6. The number of aromatic nitrogens is 2. The number of hydrogen-bond donors (Lipinski definition) is 0. The van der Waals surface area contributed by atoms with Gasteiger partial charge < -0.3 is 10.1 Å². The molecule has 0 amide bonds. The third-order valence-corrected chi connectivity index (χ3v) is 2.06. The summed E-state index contributed by atoms with van der Waals surface area (Å²) < 4.78 is 1.63. The van der Waals surface area contributed by atoms with Gasteiger partial charge in [-0.05, 0) is 34.5 Å². The minimum absolute atomic E-state index is 0.142. The molecule has 0 fully saturated rings. The van der Waals surface area contributed by atoms with Crippen molar-refractivity contribution >= 4 is 5.82 Å². The first-order chi connectivity index (χ1) is 7.16. The van der Waals surface area contributed by atoms with Crippen molar-refractivity contribution < 1.29 is 4.92 Å². The van der Waals surface area contributed by atoms with Crippen molar-refractivity contribution in [2.24, 2.45) is 0 Å². The molecule has 0 saturated heterocycles. The van der Waals surface area contributed by atoms with E-state index in [2.05, 4.69) is 4.98 Å². The summed E-state index contributed by atoms with van der Waals surface area (Å²) in [5, 5.41) is 10.4. The topological polar surface area (TPSA) is 61.0 Å². The molecule has 0 aliphatic rings. The number of nitro groups is 1. The maximum Gasteiger partial charge on any atom is 0.381 e. The van der Waals surface area contributed by atoms with Crippen molar-refractivity contribution in [3.05, 3.63) is 52.5 Å². The number of rotatable bonds is 2. The maximum atomic E-state index is 10.4. The first-order valence-corrected chi connectivity index (χ1v) is 4.42. The van der Waals surface area contributed by atoms with Crippen LogP contribution in [0.15, 0.2) is 36.8 Å². The molecule has 0 N–H and O–H groups in total. The van der Waals surface area contributed by atoms with Gasteiger partial charge in [-0.25, -0.2) is 0 Å². The largest absolute Gasteiger partial charge is 0.381 e. The zero-order valence-electron chi connectivity index (χ0n) is 8.12. The number of imidazole rings is 1. The highest BCUT2D eigenvalue weighted by Gasteiger charge is 2.10. The minimum atomic E-state index is -0.508. The third-order valence-electron chi connectivity index (χ3n) is 2.06. The number of aryl methyl sites for hydroxylation is 1. The molecule has 0 spiro atoms. The predicted molar refractivity (Wildman–Crippen MR) is 55.0 cm³/mol. The fraction of sp³-hybridized carbons (Fsp3) is 0.100. The van der Waals surface area contributed by atoms with Gasteiger partial charge in [-0.2, -0.15) is 0 Å². The second-order valence-corrected chi connectivity index (χ2v) is 3.24. The van der Waals surface area contributed by atoms with Crippen LogP contribution in [-0.4, -0.2) is 14.5 Å². The molecule has 2 rings (SSSR count). The van der Waals surface area contributed by atoms with E-state index in [9.17, 15) is 10.1 Å². The van der Waals surface area contributed by atoms with Gasteiger partial charge in [0.1, 0.15) is 6.20 Å². The Kier molecular flexibility index (Phi) is 2.21. The first-order valence-electron chi connectivity index (χ1n) is 4.42. The Bertz CT molecular complexity index is 505. The van der Waals surface area contributed by atoms with E-state index >= 15 is 0 Å². The Labute approximate surface area is 86.1 Å². The van der Waals surface area contributed by atoms with Crippen LogP contribution in [-0.2, 0) is 0 Å². The van der Waals surface area contributed by atoms with Gasteiger partial charge in [0.2, 0.25) is 6.33 Å². The summed E-state index contributed by atoms with van der Waals surface area (Å²) in [7, 11) is 0. The molecule has 0 aliphatic heterocycles. The van der Waals surface area contributed by atoms with Crippen LogP contribution in [0.4, 0.5) is 5.82 Å². The molecule has 0 radical (unpaired) electrons. The second kappa shape index (κ2) is 3.53. The van der Waals surface area contributed by atoms with Crippen molar-refractivity contribution in [1.82, 2.24) is 9.55 Å². The van der Waals surface area contributed by atoms with Crippen LogP contribution in [0.5, 0.6) is 0 Å². The van der Waals surface area contributed by atoms with Gasteiger partial charge >= 0.3 is 5.82 Å². The third kappa shape index (κ3) is 1.85. The van der Waals surface area contributed by atoms with E-state index < -0.39 is 4.92 Å². The van der Waals surface area contributed by atoms with Crippen LogP contribution < -0.4 is 0 Å². The highest BCUT2D eigenvalue weighted by atomic mass is 16.6. The van der Waals surface area contributed by atoms with Crippen molar-refractivity contribution in [2.75, 3.05) is 0 Å². The standard InChI is InChI=1S/C10H9N3O2/c1-8-3-2-4-9(5-8)12-6-10(11-7-12)13(14)15/h2-7H,1H3. The van der Waals surface area contributed by atoms with Gasteiger partial charge in [0.25, 0.3) is 0 Å². The maximum absolute atomic E-state index is 10.4. The van der Waals surface area contributed by atoms with Crippen molar-refractivity contribution in [1.29, 1.82) is 0 Å². The van der Waals surface area contributed by atoms with Crippen molar-refractivity contribution in [2.45, 2.75) is 6.92 Å². The van der Waals surface area contributed by atoms with E-state index in [0.717, 1.165) is 11.3 Å². The predicted octanol–water partition coefficient (Wildman–Crippen LogP) is 2.09. The van der Waals surface area contributed by atoms with Crippen molar-refractivity contribution in [3.8, 4) is 5.69 Å². The van der Waals surface area contributed by atoms with Gasteiger partial charge in [0.15, 0.2) is 0 Å². The normalized spacial score (nSPS) is 10.2. The molecule has 0 bridgehead atoms. The molecular formula is C10H9N3O2. The van der Waals surface area contributed by atoms with E-state index in [1.165, 1.54) is 12.5 Å². The zero-order valence-corrected chi connectivity index (χ0v) is 8.12. The monoisotopic (exact) mass is 203 g/mol. The molecular weight excluding hydrogens is 194 g/mol. The van der Waals surface area contributed by atoms with Crippen molar-refractivity contribution in [3.63, 3.8) is 0 Å². The van der Waals surface area contributed by atoms with E-state index in [1.807, 2.05) is 31.2 Å². The lowest BCUT2D eigenvalue weighted by Gasteiger charge is -2.00. The lowest BCUT2D eigenvalue weighted by Crippen LogP contribution is -1.90. The molecule has 5 heteroatoms. The average molecular weight is 203 g/mol. The number of benzene rings is 1. The van der Waals surface area contributed by atoms with E-state index in [0.29, 0.717) is 0 Å². The average Bonchev–Trinajstić information content (AvgIpc) is 2.66. The fourth-order valence-electron chi connectivity index (χ4n) is 1.34. The molecule has 0 unspecified atom stereocenters. The molecule has 2 aromatic rings. The Hall–Kier alpha value is -2.17. The van der Waals surface area contributed by atoms with E-state index in [-0.39, 0.29) is 5.82 Å². The molecule has 76 valence electrons. The first kappa shape index (κ1) is 9.39. The quantitative estimate of drug-likeness (QED) is 0.554.